The highest BCUT2D eigenvalue weighted by molar-refractivity contribution is 5.82. The van der Waals surface area contributed by atoms with Crippen molar-refractivity contribution in [3.63, 3.8) is 0 Å². The van der Waals surface area contributed by atoms with Gasteiger partial charge >= 0.3 is 11.9 Å². The smallest absolute Gasteiger partial charge is 0.310 e. The molecule has 0 aliphatic heterocycles. The van der Waals surface area contributed by atoms with Crippen LogP contribution in [0.5, 0.6) is 0 Å². The molecule has 4 heteroatoms. The highest BCUT2D eigenvalue weighted by Crippen LogP contribution is 2.42. The highest BCUT2D eigenvalue weighted by atomic mass is 16.6. The molecule has 0 bridgehead atoms. The Morgan fingerprint density at radius 2 is 1.25 bits per heavy atom. The number of aliphatic carboxylic acids is 1. The lowest BCUT2D eigenvalue weighted by Crippen LogP contribution is -2.43. The average Bonchev–Trinajstić information content (AvgIpc) is 2.52. The second-order valence-electron chi connectivity index (χ2n) is 8.72. The fraction of sp³-hybridized carbons (Fsp3) is 0.900. The van der Waals surface area contributed by atoms with Crippen molar-refractivity contribution in [2.45, 2.75) is 90.6 Å². The van der Waals surface area contributed by atoms with E-state index in [1.54, 1.807) is 0 Å². The first-order valence-electron chi connectivity index (χ1n) is 9.75. The van der Waals surface area contributed by atoms with Crippen LogP contribution in [0.4, 0.5) is 0 Å². The molecule has 0 unspecified atom stereocenters. The lowest BCUT2D eigenvalue weighted by molar-refractivity contribution is -0.172. The molecule has 2 aliphatic rings. The van der Waals surface area contributed by atoms with Gasteiger partial charge in [-0.05, 0) is 58.3 Å². The molecule has 0 spiro atoms. The van der Waals surface area contributed by atoms with Gasteiger partial charge < -0.3 is 9.84 Å². The lowest BCUT2D eigenvalue weighted by Gasteiger charge is -2.38. The van der Waals surface area contributed by atoms with E-state index in [2.05, 4.69) is 0 Å². The van der Waals surface area contributed by atoms with Crippen LogP contribution in [0.3, 0.4) is 0 Å². The zero-order valence-electron chi connectivity index (χ0n) is 15.6. The monoisotopic (exact) mass is 338 g/mol. The molecule has 0 heterocycles. The Labute approximate surface area is 146 Å². The molecule has 24 heavy (non-hydrogen) atoms. The second kappa shape index (κ2) is 8.35. The van der Waals surface area contributed by atoms with Gasteiger partial charge in [0.2, 0.25) is 0 Å². The number of carbonyl (C=O) groups excluding carboxylic acids is 1. The standard InChI is InChI=1S/C20H34O4/c1-20(2,3)24-19(23)17(15-12-8-5-9-13-15)16(18(21)22)14-10-6-4-7-11-14/h14-17H,4-13H2,1-3H3,(H,21,22)/t16-,17+/m0/s1. The average molecular weight is 338 g/mol. The Bertz CT molecular complexity index is 425. The molecule has 0 aromatic heterocycles. The van der Waals surface area contributed by atoms with E-state index in [0.29, 0.717) is 0 Å². The molecule has 2 aliphatic carbocycles. The van der Waals surface area contributed by atoms with Gasteiger partial charge in [0.1, 0.15) is 5.60 Å². The summed E-state index contributed by atoms with van der Waals surface area (Å²) in [5.41, 5.74) is -0.570. The topological polar surface area (TPSA) is 63.6 Å². The molecule has 2 saturated carbocycles. The maximum atomic E-state index is 13.0. The minimum atomic E-state index is -0.802. The molecule has 2 fully saturated rings. The summed E-state index contributed by atoms with van der Waals surface area (Å²) < 4.78 is 5.67. The van der Waals surface area contributed by atoms with Crippen LogP contribution in [0.1, 0.15) is 85.0 Å². The SMILES string of the molecule is CC(C)(C)OC(=O)[C@H](C1CCCCC1)[C@@H](C(=O)O)C1CCCCC1. The van der Waals surface area contributed by atoms with E-state index in [4.69, 9.17) is 4.74 Å². The zero-order chi connectivity index (χ0) is 17.7. The molecule has 0 aromatic carbocycles. The second-order valence-corrected chi connectivity index (χ2v) is 8.72. The maximum Gasteiger partial charge on any atom is 0.310 e. The molecule has 0 amide bonds. The molecule has 1 N–H and O–H groups in total. The number of carbonyl (C=O) groups is 2. The van der Waals surface area contributed by atoms with Gasteiger partial charge in [0.15, 0.2) is 0 Å². The zero-order valence-corrected chi connectivity index (χ0v) is 15.6. The molecule has 0 radical (unpaired) electrons. The molecule has 4 nitrogen and oxygen atoms in total. The van der Waals surface area contributed by atoms with E-state index < -0.39 is 23.4 Å². The summed E-state index contributed by atoms with van der Waals surface area (Å²) in [6.07, 6.45) is 10.5. The van der Waals surface area contributed by atoms with E-state index in [-0.39, 0.29) is 17.8 Å². The third-order valence-corrected chi connectivity index (χ3v) is 5.67. The Balaban J connectivity index is 2.26. The molecule has 138 valence electrons. The van der Waals surface area contributed by atoms with E-state index in [9.17, 15) is 14.7 Å². The normalized spacial score (nSPS) is 23.5. The Morgan fingerprint density at radius 3 is 1.62 bits per heavy atom. The summed E-state index contributed by atoms with van der Waals surface area (Å²) in [6.45, 7) is 5.58. The predicted molar refractivity (Wildman–Crippen MR) is 93.6 cm³/mol. The van der Waals surface area contributed by atoms with Crippen LogP contribution in [-0.2, 0) is 14.3 Å². The number of ether oxygens (including phenoxy) is 1. The fourth-order valence-corrected chi connectivity index (χ4v) is 4.64. The van der Waals surface area contributed by atoms with Crippen LogP contribution >= 0.6 is 0 Å². The number of carboxylic acids is 1. The van der Waals surface area contributed by atoms with Crippen molar-refractivity contribution in [2.75, 3.05) is 0 Å². The van der Waals surface area contributed by atoms with Gasteiger partial charge in [0.25, 0.3) is 0 Å². The van der Waals surface area contributed by atoms with Crippen molar-refractivity contribution in [1.29, 1.82) is 0 Å². The largest absolute Gasteiger partial charge is 0.481 e. The van der Waals surface area contributed by atoms with Crippen molar-refractivity contribution < 1.29 is 19.4 Å². The number of carboxylic acid groups (broad SMARTS) is 1. The van der Waals surface area contributed by atoms with Gasteiger partial charge in [-0.25, -0.2) is 0 Å². The number of hydrogen-bond donors (Lipinski definition) is 1. The van der Waals surface area contributed by atoms with Crippen LogP contribution in [0, 0.1) is 23.7 Å². The highest BCUT2D eigenvalue weighted by Gasteiger charge is 2.45. The van der Waals surface area contributed by atoms with Gasteiger partial charge in [-0.1, -0.05) is 38.5 Å². The molecule has 2 atom stereocenters. The first kappa shape index (κ1) is 19.3. The van der Waals surface area contributed by atoms with Gasteiger partial charge in [-0.15, -0.1) is 0 Å². The van der Waals surface area contributed by atoms with E-state index in [0.717, 1.165) is 51.4 Å². The minimum absolute atomic E-state index is 0.121. The van der Waals surface area contributed by atoms with Crippen LogP contribution in [0.15, 0.2) is 0 Å². The molecule has 2 rings (SSSR count). The third-order valence-electron chi connectivity index (χ3n) is 5.67. The van der Waals surface area contributed by atoms with Gasteiger partial charge in [0.05, 0.1) is 11.8 Å². The third kappa shape index (κ3) is 5.22. The first-order chi connectivity index (χ1) is 11.3. The summed E-state index contributed by atoms with van der Waals surface area (Å²) in [7, 11) is 0. The molecule has 0 aromatic rings. The van der Waals surface area contributed by atoms with E-state index in [1.807, 2.05) is 20.8 Å². The Kier molecular flexibility index (Phi) is 6.70. The summed E-state index contributed by atoms with van der Waals surface area (Å²) in [5, 5.41) is 9.97. The Hall–Kier alpha value is -1.06. The van der Waals surface area contributed by atoms with Crippen LogP contribution in [0.2, 0.25) is 0 Å². The predicted octanol–water partition coefficient (Wildman–Crippen LogP) is 4.81. The van der Waals surface area contributed by atoms with E-state index in [1.165, 1.54) is 12.8 Å². The van der Waals surface area contributed by atoms with Crippen LogP contribution in [-0.4, -0.2) is 22.6 Å². The molecular formula is C20H34O4. The summed E-state index contributed by atoms with van der Waals surface area (Å²) >= 11 is 0. The number of hydrogen-bond acceptors (Lipinski definition) is 3. The van der Waals surface area contributed by atoms with Crippen molar-refractivity contribution in [3.05, 3.63) is 0 Å². The van der Waals surface area contributed by atoms with Crippen molar-refractivity contribution in [1.82, 2.24) is 0 Å². The van der Waals surface area contributed by atoms with Crippen molar-refractivity contribution in [3.8, 4) is 0 Å². The Morgan fingerprint density at radius 1 is 0.833 bits per heavy atom. The van der Waals surface area contributed by atoms with Crippen LogP contribution < -0.4 is 0 Å². The fourth-order valence-electron chi connectivity index (χ4n) is 4.64. The maximum absolute atomic E-state index is 13.0. The quantitative estimate of drug-likeness (QED) is 0.731. The van der Waals surface area contributed by atoms with Gasteiger partial charge in [-0.2, -0.15) is 0 Å². The van der Waals surface area contributed by atoms with Crippen molar-refractivity contribution >= 4 is 11.9 Å². The summed E-state index contributed by atoms with van der Waals surface area (Å²) in [6, 6.07) is 0. The lowest BCUT2D eigenvalue weighted by atomic mass is 9.67. The molecular weight excluding hydrogens is 304 g/mol. The number of rotatable bonds is 5. The first-order valence-corrected chi connectivity index (χ1v) is 9.75. The summed E-state index contributed by atoms with van der Waals surface area (Å²) in [4.78, 5) is 25.1. The number of esters is 1. The van der Waals surface area contributed by atoms with E-state index >= 15 is 0 Å². The van der Waals surface area contributed by atoms with Gasteiger partial charge in [-0.3, -0.25) is 9.59 Å². The van der Waals surface area contributed by atoms with Crippen molar-refractivity contribution in [2.24, 2.45) is 23.7 Å². The van der Waals surface area contributed by atoms with Crippen LogP contribution in [0.25, 0.3) is 0 Å². The minimum Gasteiger partial charge on any atom is -0.481 e. The molecule has 0 saturated heterocycles. The summed E-state index contributed by atoms with van der Waals surface area (Å²) in [5.74, 6) is -1.86. The van der Waals surface area contributed by atoms with Gasteiger partial charge in [0, 0.05) is 0 Å².